The molecule has 1 aromatic rings. The molecule has 0 N–H and O–H groups in total. The van der Waals surface area contributed by atoms with E-state index in [0.29, 0.717) is 24.9 Å². The fourth-order valence-corrected chi connectivity index (χ4v) is 2.46. The second-order valence-electron chi connectivity index (χ2n) is 4.61. The number of benzene rings is 1. The molecule has 1 heterocycles. The monoisotopic (exact) mass is 291 g/mol. The largest absolute Gasteiger partial charge is 0.339 e. The average Bonchev–Trinajstić information content (AvgIpc) is 2.44. The van der Waals surface area contributed by atoms with Gasteiger partial charge in [0.1, 0.15) is 0 Å². The summed E-state index contributed by atoms with van der Waals surface area (Å²) in [5.74, 6) is -4.06. The smallest absolute Gasteiger partial charge is 0.256 e. The van der Waals surface area contributed by atoms with E-state index < -0.39 is 28.9 Å². The summed E-state index contributed by atoms with van der Waals surface area (Å²) in [7, 11) is 0. The highest BCUT2D eigenvalue weighted by Crippen LogP contribution is 2.22. The molecule has 0 spiro atoms. The van der Waals surface area contributed by atoms with Gasteiger partial charge in [0.2, 0.25) is 0 Å². The van der Waals surface area contributed by atoms with Crippen molar-refractivity contribution in [3.05, 3.63) is 35.1 Å². The molecule has 1 aliphatic heterocycles. The van der Waals surface area contributed by atoms with E-state index in [9.17, 15) is 18.0 Å². The standard InChI is InChI=1S/C13H13ClF3NO/c14-7-8-3-5-18(6-4-8)13(19)9-1-2-10(15)12(17)11(9)16/h1-2,8H,3-7H2. The number of hydrogen-bond donors (Lipinski definition) is 0. The van der Waals surface area contributed by atoms with E-state index in [2.05, 4.69) is 0 Å². The molecule has 0 aromatic heterocycles. The second kappa shape index (κ2) is 5.82. The first-order valence-electron chi connectivity index (χ1n) is 6.03. The molecule has 2 rings (SSSR count). The number of alkyl halides is 1. The first kappa shape index (κ1) is 14.2. The van der Waals surface area contributed by atoms with Gasteiger partial charge in [0.15, 0.2) is 17.5 Å². The van der Waals surface area contributed by atoms with Crippen molar-refractivity contribution in [3.63, 3.8) is 0 Å². The van der Waals surface area contributed by atoms with Crippen LogP contribution in [0.15, 0.2) is 12.1 Å². The lowest BCUT2D eigenvalue weighted by atomic mass is 9.98. The third kappa shape index (κ3) is 2.86. The molecule has 0 saturated carbocycles. The number of halogens is 4. The second-order valence-corrected chi connectivity index (χ2v) is 4.92. The fourth-order valence-electron chi connectivity index (χ4n) is 2.15. The molecule has 1 amide bonds. The molecule has 104 valence electrons. The number of rotatable bonds is 2. The highest BCUT2D eigenvalue weighted by Gasteiger charge is 2.26. The van der Waals surface area contributed by atoms with Crippen LogP contribution in [-0.4, -0.2) is 29.8 Å². The van der Waals surface area contributed by atoms with Crippen molar-refractivity contribution >= 4 is 17.5 Å². The lowest BCUT2D eigenvalue weighted by molar-refractivity contribution is 0.0692. The highest BCUT2D eigenvalue weighted by atomic mass is 35.5. The molecule has 1 fully saturated rings. The number of amides is 1. The molecule has 19 heavy (non-hydrogen) atoms. The maximum Gasteiger partial charge on any atom is 0.256 e. The molecule has 1 saturated heterocycles. The van der Waals surface area contributed by atoms with E-state index in [1.807, 2.05) is 0 Å². The number of likely N-dealkylation sites (tertiary alicyclic amines) is 1. The lowest BCUT2D eigenvalue weighted by Gasteiger charge is -2.31. The Bertz CT molecular complexity index is 487. The van der Waals surface area contributed by atoms with Crippen molar-refractivity contribution in [1.29, 1.82) is 0 Å². The van der Waals surface area contributed by atoms with Crippen LogP contribution >= 0.6 is 11.6 Å². The minimum absolute atomic E-state index is 0.348. The molecule has 0 bridgehead atoms. The maximum atomic E-state index is 13.5. The molecule has 6 heteroatoms. The molecule has 0 unspecified atom stereocenters. The summed E-state index contributed by atoms with van der Waals surface area (Å²) in [4.78, 5) is 13.5. The van der Waals surface area contributed by atoms with Crippen LogP contribution in [0, 0.1) is 23.4 Å². The zero-order valence-corrected chi connectivity index (χ0v) is 10.9. The van der Waals surface area contributed by atoms with E-state index in [-0.39, 0.29) is 0 Å². The summed E-state index contributed by atoms with van der Waals surface area (Å²) < 4.78 is 39.4. The fraction of sp³-hybridized carbons (Fsp3) is 0.462. The molecular formula is C13H13ClF3NO. The van der Waals surface area contributed by atoms with Crippen LogP contribution in [0.2, 0.25) is 0 Å². The van der Waals surface area contributed by atoms with E-state index in [4.69, 9.17) is 11.6 Å². The maximum absolute atomic E-state index is 13.5. The topological polar surface area (TPSA) is 20.3 Å². The van der Waals surface area contributed by atoms with Gasteiger partial charge in [-0.2, -0.15) is 0 Å². The first-order valence-corrected chi connectivity index (χ1v) is 6.56. The molecule has 2 nitrogen and oxygen atoms in total. The minimum Gasteiger partial charge on any atom is -0.339 e. The van der Waals surface area contributed by atoms with Crippen LogP contribution in [0.4, 0.5) is 13.2 Å². The van der Waals surface area contributed by atoms with Crippen LogP contribution in [0.25, 0.3) is 0 Å². The molecule has 1 aromatic carbocycles. The van der Waals surface area contributed by atoms with Crippen LogP contribution in [-0.2, 0) is 0 Å². The number of nitrogens with zero attached hydrogens (tertiary/aromatic N) is 1. The summed E-state index contributed by atoms with van der Waals surface area (Å²) in [6.45, 7) is 0.906. The van der Waals surface area contributed by atoms with E-state index >= 15 is 0 Å². The average molecular weight is 292 g/mol. The third-order valence-electron chi connectivity index (χ3n) is 3.39. The Morgan fingerprint density at radius 1 is 1.21 bits per heavy atom. The third-order valence-corrected chi connectivity index (χ3v) is 3.82. The Morgan fingerprint density at radius 2 is 1.84 bits per heavy atom. The van der Waals surface area contributed by atoms with Crippen molar-refractivity contribution in [2.24, 2.45) is 5.92 Å². The normalized spacial score (nSPS) is 16.7. The predicted molar refractivity (Wildman–Crippen MR) is 65.7 cm³/mol. The highest BCUT2D eigenvalue weighted by molar-refractivity contribution is 6.18. The molecular weight excluding hydrogens is 279 g/mol. The number of piperidine rings is 1. The van der Waals surface area contributed by atoms with E-state index in [0.717, 1.165) is 25.0 Å². The zero-order chi connectivity index (χ0) is 14.0. The van der Waals surface area contributed by atoms with Crippen molar-refractivity contribution in [1.82, 2.24) is 4.90 Å². The van der Waals surface area contributed by atoms with Crippen LogP contribution in [0.3, 0.4) is 0 Å². The molecule has 0 atom stereocenters. The van der Waals surface area contributed by atoms with Gasteiger partial charge in [0.25, 0.3) is 5.91 Å². The summed E-state index contributed by atoms with van der Waals surface area (Å²) in [5, 5.41) is 0. The Morgan fingerprint density at radius 3 is 2.42 bits per heavy atom. The van der Waals surface area contributed by atoms with Crippen LogP contribution in [0.5, 0.6) is 0 Å². The minimum atomic E-state index is -1.61. The number of carbonyl (C=O) groups is 1. The van der Waals surface area contributed by atoms with Gasteiger partial charge >= 0.3 is 0 Å². The summed E-state index contributed by atoms with van der Waals surface area (Å²) >= 11 is 5.73. The van der Waals surface area contributed by atoms with Crippen LogP contribution < -0.4 is 0 Å². The van der Waals surface area contributed by atoms with Gasteiger partial charge in [-0.05, 0) is 30.9 Å². The number of carbonyl (C=O) groups excluding carboxylic acids is 1. The van der Waals surface area contributed by atoms with Gasteiger partial charge in [-0.15, -0.1) is 11.6 Å². The Hall–Kier alpha value is -1.23. The van der Waals surface area contributed by atoms with Gasteiger partial charge in [0, 0.05) is 19.0 Å². The zero-order valence-electron chi connectivity index (χ0n) is 10.1. The van der Waals surface area contributed by atoms with E-state index in [1.54, 1.807) is 0 Å². The SMILES string of the molecule is O=C(c1ccc(F)c(F)c1F)N1CCC(CCl)CC1. The summed E-state index contributed by atoms with van der Waals surface area (Å²) in [6.07, 6.45) is 1.47. The van der Waals surface area contributed by atoms with Crippen molar-refractivity contribution in [3.8, 4) is 0 Å². The van der Waals surface area contributed by atoms with Gasteiger partial charge in [-0.1, -0.05) is 0 Å². The van der Waals surface area contributed by atoms with Crippen molar-refractivity contribution < 1.29 is 18.0 Å². The van der Waals surface area contributed by atoms with Gasteiger partial charge in [-0.3, -0.25) is 4.79 Å². The Balaban J connectivity index is 2.15. The molecule has 1 aliphatic rings. The number of hydrogen-bond acceptors (Lipinski definition) is 1. The van der Waals surface area contributed by atoms with Gasteiger partial charge in [0.05, 0.1) is 5.56 Å². The summed E-state index contributed by atoms with van der Waals surface area (Å²) in [5.41, 5.74) is -0.428. The molecule has 0 radical (unpaired) electrons. The predicted octanol–water partition coefficient (Wildman–Crippen LogP) is 3.19. The van der Waals surface area contributed by atoms with Gasteiger partial charge < -0.3 is 4.90 Å². The lowest BCUT2D eigenvalue weighted by Crippen LogP contribution is -2.39. The van der Waals surface area contributed by atoms with Crippen LogP contribution in [0.1, 0.15) is 23.2 Å². The first-order chi connectivity index (χ1) is 9.04. The molecule has 0 aliphatic carbocycles. The van der Waals surface area contributed by atoms with E-state index in [1.165, 1.54) is 4.90 Å². The van der Waals surface area contributed by atoms with Gasteiger partial charge in [-0.25, -0.2) is 13.2 Å². The Kier molecular flexibility index (Phi) is 4.34. The quantitative estimate of drug-likeness (QED) is 0.605. The van der Waals surface area contributed by atoms with Crippen molar-refractivity contribution in [2.45, 2.75) is 12.8 Å². The summed E-state index contributed by atoms with van der Waals surface area (Å²) in [6, 6.07) is 1.74. The Labute approximate surface area is 114 Å². The van der Waals surface area contributed by atoms with Crippen molar-refractivity contribution in [2.75, 3.05) is 19.0 Å².